The summed E-state index contributed by atoms with van der Waals surface area (Å²) in [5.41, 5.74) is -0.0913. The number of rotatable bonds is 4. The summed E-state index contributed by atoms with van der Waals surface area (Å²) < 4.78 is 32.5. The predicted molar refractivity (Wildman–Crippen MR) is 71.6 cm³/mol. The number of β-amino-alcohol motifs (C(OH)–C–C–N with tert-alkyl or cyclic N) is 1. The maximum atomic E-state index is 14.0. The number of halogens is 2. The van der Waals surface area contributed by atoms with Crippen molar-refractivity contribution in [1.29, 1.82) is 0 Å². The van der Waals surface area contributed by atoms with Crippen LogP contribution in [0.1, 0.15) is 18.0 Å². The number of hydrogen-bond donors (Lipinski definition) is 2. The number of likely N-dealkylation sites (tertiary alicyclic amines) is 1. The minimum absolute atomic E-state index is 0.0159. The van der Waals surface area contributed by atoms with Crippen LogP contribution in [0.4, 0.5) is 8.78 Å². The number of ether oxygens (including phenoxy) is 1. The van der Waals surface area contributed by atoms with Gasteiger partial charge in [0.25, 0.3) is 0 Å². The maximum Gasteiger partial charge on any atom is 0.128 e. The van der Waals surface area contributed by atoms with E-state index < -0.39 is 17.7 Å². The van der Waals surface area contributed by atoms with Crippen LogP contribution in [0.25, 0.3) is 0 Å². The maximum absolute atomic E-state index is 14.0. The standard InChI is InChI=1S/C15H19F2NO3/c16-10-1-2-13(17)12(3-10)14-4-11(20)5-18(14)6-15(7-19)8-21-9-15/h1-3,11,14,19-20H,4-9H2/t11-,14+/m0/s1. The molecule has 0 spiro atoms. The number of benzene rings is 1. The van der Waals surface area contributed by atoms with E-state index in [4.69, 9.17) is 4.74 Å². The summed E-state index contributed by atoms with van der Waals surface area (Å²) >= 11 is 0. The number of aliphatic hydroxyl groups excluding tert-OH is 2. The first kappa shape index (κ1) is 14.8. The van der Waals surface area contributed by atoms with Crippen LogP contribution in [0.15, 0.2) is 18.2 Å². The van der Waals surface area contributed by atoms with Crippen LogP contribution >= 0.6 is 0 Å². The fourth-order valence-electron chi connectivity index (χ4n) is 3.20. The van der Waals surface area contributed by atoms with Gasteiger partial charge in [-0.3, -0.25) is 4.90 Å². The molecule has 1 aromatic carbocycles. The van der Waals surface area contributed by atoms with Gasteiger partial charge in [-0.1, -0.05) is 0 Å². The van der Waals surface area contributed by atoms with Crippen molar-refractivity contribution in [1.82, 2.24) is 4.90 Å². The Morgan fingerprint density at radius 2 is 2.10 bits per heavy atom. The van der Waals surface area contributed by atoms with E-state index >= 15 is 0 Å². The fourth-order valence-corrected chi connectivity index (χ4v) is 3.20. The lowest BCUT2D eigenvalue weighted by Crippen LogP contribution is -2.53. The molecule has 2 N–H and O–H groups in total. The second-order valence-corrected chi connectivity index (χ2v) is 6.15. The molecule has 2 heterocycles. The number of aliphatic hydroxyl groups is 2. The van der Waals surface area contributed by atoms with Gasteiger partial charge in [0.1, 0.15) is 11.6 Å². The Morgan fingerprint density at radius 1 is 1.33 bits per heavy atom. The second kappa shape index (κ2) is 5.61. The SMILES string of the molecule is OCC1(CN2C[C@@H](O)C[C@@H]2c2cc(F)ccc2F)COC1. The first-order valence-corrected chi connectivity index (χ1v) is 7.09. The summed E-state index contributed by atoms with van der Waals surface area (Å²) in [5.74, 6) is -0.958. The molecule has 2 atom stereocenters. The lowest BCUT2D eigenvalue weighted by atomic mass is 9.86. The van der Waals surface area contributed by atoms with Gasteiger partial charge in [0.15, 0.2) is 0 Å². The Hall–Kier alpha value is -1.08. The second-order valence-electron chi connectivity index (χ2n) is 6.15. The summed E-state index contributed by atoms with van der Waals surface area (Å²) in [4.78, 5) is 1.92. The molecule has 4 nitrogen and oxygen atoms in total. The van der Waals surface area contributed by atoms with Crippen molar-refractivity contribution >= 4 is 0 Å². The van der Waals surface area contributed by atoms with Crippen LogP contribution < -0.4 is 0 Å². The molecular formula is C15H19F2NO3. The molecule has 0 aliphatic carbocycles. The normalized spacial score (nSPS) is 28.6. The van der Waals surface area contributed by atoms with E-state index in [0.29, 0.717) is 32.7 Å². The third-order valence-electron chi connectivity index (χ3n) is 4.39. The van der Waals surface area contributed by atoms with Crippen LogP contribution in [0.3, 0.4) is 0 Å². The van der Waals surface area contributed by atoms with Gasteiger partial charge in [0.05, 0.1) is 31.3 Å². The first-order chi connectivity index (χ1) is 10.0. The van der Waals surface area contributed by atoms with Crippen LogP contribution in [-0.2, 0) is 4.74 Å². The molecule has 2 saturated heterocycles. The molecule has 0 bridgehead atoms. The Balaban J connectivity index is 1.83. The molecular weight excluding hydrogens is 280 g/mol. The van der Waals surface area contributed by atoms with Gasteiger partial charge in [-0.2, -0.15) is 0 Å². The third kappa shape index (κ3) is 2.81. The van der Waals surface area contributed by atoms with E-state index in [-0.39, 0.29) is 23.6 Å². The van der Waals surface area contributed by atoms with Crippen molar-refractivity contribution in [2.75, 3.05) is 32.9 Å². The van der Waals surface area contributed by atoms with Gasteiger partial charge in [0, 0.05) is 24.7 Å². The molecule has 6 heteroatoms. The lowest BCUT2D eigenvalue weighted by molar-refractivity contribution is -0.150. The molecule has 0 radical (unpaired) electrons. The molecule has 116 valence electrons. The van der Waals surface area contributed by atoms with E-state index in [2.05, 4.69) is 0 Å². The third-order valence-corrected chi connectivity index (χ3v) is 4.39. The van der Waals surface area contributed by atoms with E-state index in [9.17, 15) is 19.0 Å². The molecule has 0 aromatic heterocycles. The topological polar surface area (TPSA) is 52.9 Å². The van der Waals surface area contributed by atoms with E-state index in [0.717, 1.165) is 12.1 Å². The van der Waals surface area contributed by atoms with Gasteiger partial charge >= 0.3 is 0 Å². The first-order valence-electron chi connectivity index (χ1n) is 7.09. The zero-order chi connectivity index (χ0) is 15.0. The largest absolute Gasteiger partial charge is 0.396 e. The summed E-state index contributed by atoms with van der Waals surface area (Å²) in [5, 5.41) is 19.4. The van der Waals surface area contributed by atoms with Crippen molar-refractivity contribution in [3.8, 4) is 0 Å². The van der Waals surface area contributed by atoms with Crippen molar-refractivity contribution in [3.05, 3.63) is 35.4 Å². The van der Waals surface area contributed by atoms with Gasteiger partial charge in [-0.05, 0) is 24.6 Å². The average molecular weight is 299 g/mol. The Bertz CT molecular complexity index is 516. The molecule has 0 unspecified atom stereocenters. The highest BCUT2D eigenvalue weighted by atomic mass is 19.1. The molecule has 2 fully saturated rings. The van der Waals surface area contributed by atoms with E-state index in [1.165, 1.54) is 6.07 Å². The van der Waals surface area contributed by atoms with Gasteiger partial charge in [-0.15, -0.1) is 0 Å². The molecule has 2 aliphatic heterocycles. The highest BCUT2D eigenvalue weighted by Gasteiger charge is 2.44. The minimum atomic E-state index is -0.575. The van der Waals surface area contributed by atoms with E-state index in [1.807, 2.05) is 4.90 Å². The Kier molecular flexibility index (Phi) is 3.96. The van der Waals surface area contributed by atoms with Crippen molar-refractivity contribution < 1.29 is 23.7 Å². The predicted octanol–water partition coefficient (Wildman–Crippen LogP) is 1.08. The average Bonchev–Trinajstić information content (AvgIpc) is 2.77. The Labute approximate surface area is 121 Å². The smallest absolute Gasteiger partial charge is 0.128 e. The van der Waals surface area contributed by atoms with Crippen LogP contribution in [0.5, 0.6) is 0 Å². The summed E-state index contributed by atoms with van der Waals surface area (Å²) in [6.45, 7) is 1.78. The summed E-state index contributed by atoms with van der Waals surface area (Å²) in [6.07, 6.45) is -0.211. The number of nitrogens with zero attached hydrogens (tertiary/aromatic N) is 1. The van der Waals surface area contributed by atoms with Crippen molar-refractivity contribution in [3.63, 3.8) is 0 Å². The zero-order valence-electron chi connectivity index (χ0n) is 11.6. The molecule has 0 amide bonds. The molecule has 1 aromatic rings. The molecule has 2 aliphatic rings. The summed E-state index contributed by atoms with van der Waals surface area (Å²) in [7, 11) is 0. The minimum Gasteiger partial charge on any atom is -0.396 e. The van der Waals surface area contributed by atoms with Gasteiger partial charge in [0.2, 0.25) is 0 Å². The summed E-state index contributed by atoms with van der Waals surface area (Å²) in [6, 6.07) is 3.01. The van der Waals surface area contributed by atoms with Crippen molar-refractivity contribution in [2.24, 2.45) is 5.41 Å². The quantitative estimate of drug-likeness (QED) is 0.873. The van der Waals surface area contributed by atoms with Crippen LogP contribution in [-0.4, -0.2) is 54.1 Å². The van der Waals surface area contributed by atoms with Gasteiger partial charge < -0.3 is 14.9 Å². The highest BCUT2D eigenvalue weighted by molar-refractivity contribution is 5.24. The van der Waals surface area contributed by atoms with Crippen LogP contribution in [0.2, 0.25) is 0 Å². The molecule has 21 heavy (non-hydrogen) atoms. The van der Waals surface area contributed by atoms with E-state index in [1.54, 1.807) is 0 Å². The van der Waals surface area contributed by atoms with Gasteiger partial charge in [-0.25, -0.2) is 8.78 Å². The monoisotopic (exact) mass is 299 g/mol. The fraction of sp³-hybridized carbons (Fsp3) is 0.600. The number of hydrogen-bond acceptors (Lipinski definition) is 4. The Morgan fingerprint density at radius 3 is 2.71 bits per heavy atom. The lowest BCUT2D eigenvalue weighted by Gasteiger charge is -2.43. The van der Waals surface area contributed by atoms with Crippen LogP contribution in [0, 0.1) is 17.0 Å². The van der Waals surface area contributed by atoms with Crippen molar-refractivity contribution in [2.45, 2.75) is 18.6 Å². The highest BCUT2D eigenvalue weighted by Crippen LogP contribution is 2.38. The molecule has 3 rings (SSSR count). The molecule has 0 saturated carbocycles. The zero-order valence-corrected chi connectivity index (χ0v) is 11.6.